The lowest BCUT2D eigenvalue weighted by molar-refractivity contribution is -0.130. The van der Waals surface area contributed by atoms with Gasteiger partial charge in [0.05, 0.1) is 15.7 Å². The minimum Gasteiger partial charge on any atom is -0.294 e. The summed E-state index contributed by atoms with van der Waals surface area (Å²) in [6, 6.07) is 7.30. The Balaban J connectivity index is 1.77. The third kappa shape index (κ3) is 2.04. The summed E-state index contributed by atoms with van der Waals surface area (Å²) >= 11 is 0. The van der Waals surface area contributed by atoms with Crippen LogP contribution in [-0.2, 0) is 20.4 Å². The van der Waals surface area contributed by atoms with Gasteiger partial charge in [-0.25, -0.2) is 4.21 Å². The first-order chi connectivity index (χ1) is 11.0. The first kappa shape index (κ1) is 14.8. The van der Waals surface area contributed by atoms with Crippen molar-refractivity contribution in [2.45, 2.75) is 25.2 Å². The molecule has 3 nitrogen and oxygen atoms in total. The number of allylic oxidation sites excluding steroid dienone is 4. The zero-order chi connectivity index (χ0) is 16.3. The summed E-state index contributed by atoms with van der Waals surface area (Å²) in [6.45, 7) is 3.62. The average molecular weight is 326 g/mol. The maximum Gasteiger partial charge on any atom is 0.176 e. The van der Waals surface area contributed by atoms with Gasteiger partial charge in [0.25, 0.3) is 0 Å². The van der Waals surface area contributed by atoms with E-state index in [0.29, 0.717) is 10.5 Å². The fourth-order valence-corrected chi connectivity index (χ4v) is 5.56. The van der Waals surface area contributed by atoms with Gasteiger partial charge in [0, 0.05) is 22.3 Å². The summed E-state index contributed by atoms with van der Waals surface area (Å²) < 4.78 is 12.9. The Morgan fingerprint density at radius 2 is 1.48 bits per heavy atom. The zero-order valence-electron chi connectivity index (χ0n) is 13.1. The molecule has 3 aliphatic carbocycles. The molecular formula is C19H18O3S. The van der Waals surface area contributed by atoms with Crippen molar-refractivity contribution in [1.82, 2.24) is 0 Å². The van der Waals surface area contributed by atoms with Gasteiger partial charge < -0.3 is 0 Å². The number of hydrogen-bond donors (Lipinski definition) is 0. The van der Waals surface area contributed by atoms with E-state index in [2.05, 4.69) is 12.2 Å². The third-order valence-corrected chi connectivity index (χ3v) is 7.00. The van der Waals surface area contributed by atoms with Gasteiger partial charge >= 0.3 is 0 Å². The van der Waals surface area contributed by atoms with Crippen molar-refractivity contribution in [1.29, 1.82) is 0 Å². The van der Waals surface area contributed by atoms with Crippen LogP contribution >= 0.6 is 0 Å². The zero-order valence-corrected chi connectivity index (χ0v) is 13.9. The number of ketones is 2. The molecule has 3 aliphatic rings. The second kappa shape index (κ2) is 5.10. The molecule has 1 unspecified atom stereocenters. The lowest BCUT2D eigenvalue weighted by atomic mass is 9.72. The van der Waals surface area contributed by atoms with Crippen LogP contribution in [0.2, 0.25) is 0 Å². The lowest BCUT2D eigenvalue weighted by Crippen LogP contribution is -2.40. The van der Waals surface area contributed by atoms with Gasteiger partial charge in [-0.15, -0.1) is 0 Å². The second-order valence-corrected chi connectivity index (χ2v) is 8.18. The maximum absolute atomic E-state index is 13.0. The highest BCUT2D eigenvalue weighted by atomic mass is 32.2. The van der Waals surface area contributed by atoms with Crippen LogP contribution in [0.15, 0.2) is 51.8 Å². The van der Waals surface area contributed by atoms with Gasteiger partial charge in [-0.1, -0.05) is 29.8 Å². The van der Waals surface area contributed by atoms with Crippen molar-refractivity contribution in [3.8, 4) is 0 Å². The van der Waals surface area contributed by atoms with Crippen molar-refractivity contribution in [2.24, 2.45) is 23.7 Å². The van der Waals surface area contributed by atoms with Crippen LogP contribution in [0.4, 0.5) is 0 Å². The predicted octanol–water partition coefficient (Wildman–Crippen LogP) is 2.97. The van der Waals surface area contributed by atoms with Gasteiger partial charge in [0.15, 0.2) is 11.6 Å². The summed E-state index contributed by atoms with van der Waals surface area (Å²) in [5, 5.41) is 0. The monoisotopic (exact) mass is 326 g/mol. The maximum atomic E-state index is 13.0. The second-order valence-electron chi connectivity index (χ2n) is 6.76. The SMILES string of the molecule is CC1=C(S(=O)c2ccc(C)cc2)C(=O)[C@@H]2[C@H](C1=O)[C@@H]1C=C[C@H]2C1. The highest BCUT2D eigenvalue weighted by Gasteiger charge is 2.55. The molecule has 0 saturated heterocycles. The number of Topliss-reactive ketones (excluding diaryl/α,β-unsaturated/α-hetero) is 2. The van der Waals surface area contributed by atoms with E-state index in [1.807, 2.05) is 19.1 Å². The molecule has 118 valence electrons. The van der Waals surface area contributed by atoms with Crippen LogP contribution in [0.1, 0.15) is 18.9 Å². The van der Waals surface area contributed by atoms with Crippen molar-refractivity contribution < 1.29 is 13.8 Å². The molecule has 1 aromatic rings. The Labute approximate surface area is 137 Å². The van der Waals surface area contributed by atoms with E-state index in [1.54, 1.807) is 19.1 Å². The summed E-state index contributed by atoms with van der Waals surface area (Å²) in [6.07, 6.45) is 5.01. The molecule has 0 heterocycles. The van der Waals surface area contributed by atoms with Crippen LogP contribution in [0.25, 0.3) is 0 Å². The van der Waals surface area contributed by atoms with Crippen LogP contribution in [0.5, 0.6) is 0 Å². The first-order valence-electron chi connectivity index (χ1n) is 7.95. The standard InChI is InChI=1S/C19H18O3S/c1-10-3-7-14(8-4-10)23(22)19-11(2)17(20)15-12-5-6-13(9-12)16(15)18(19)21/h3-8,12-13,15-16H,9H2,1-2H3/t12-,13+,15-,16+,23?/m1/s1. The van der Waals surface area contributed by atoms with E-state index in [9.17, 15) is 13.8 Å². The molecule has 0 aromatic heterocycles. The summed E-state index contributed by atoms with van der Waals surface area (Å²) in [4.78, 5) is 26.6. The molecule has 1 saturated carbocycles. The topological polar surface area (TPSA) is 51.2 Å². The Morgan fingerprint density at radius 1 is 0.913 bits per heavy atom. The number of hydrogen-bond acceptors (Lipinski definition) is 3. The van der Waals surface area contributed by atoms with Gasteiger partial charge in [-0.05, 0) is 44.2 Å². The highest BCUT2D eigenvalue weighted by molar-refractivity contribution is 7.90. The van der Waals surface area contributed by atoms with Crippen molar-refractivity contribution >= 4 is 22.4 Å². The van der Waals surface area contributed by atoms with Crippen LogP contribution in [0.3, 0.4) is 0 Å². The highest BCUT2D eigenvalue weighted by Crippen LogP contribution is 2.52. The quantitative estimate of drug-likeness (QED) is 0.785. The van der Waals surface area contributed by atoms with E-state index in [4.69, 9.17) is 0 Å². The minimum atomic E-state index is -1.59. The molecule has 1 aromatic carbocycles. The van der Waals surface area contributed by atoms with Crippen molar-refractivity contribution in [2.75, 3.05) is 0 Å². The van der Waals surface area contributed by atoms with Gasteiger partial charge in [-0.2, -0.15) is 0 Å². The van der Waals surface area contributed by atoms with Crippen LogP contribution in [-0.4, -0.2) is 15.8 Å². The number of benzene rings is 1. The molecule has 4 rings (SSSR count). The van der Waals surface area contributed by atoms with Gasteiger partial charge in [0.1, 0.15) is 0 Å². The number of fused-ring (bicyclic) bond motifs is 5. The molecule has 23 heavy (non-hydrogen) atoms. The van der Waals surface area contributed by atoms with Crippen LogP contribution < -0.4 is 0 Å². The molecule has 2 bridgehead atoms. The number of aryl methyl sites for hydroxylation is 1. The van der Waals surface area contributed by atoms with Crippen LogP contribution in [0, 0.1) is 30.6 Å². The van der Waals surface area contributed by atoms with Crippen molar-refractivity contribution in [3.05, 3.63) is 52.5 Å². The molecule has 0 amide bonds. The van der Waals surface area contributed by atoms with Crippen molar-refractivity contribution in [3.63, 3.8) is 0 Å². The average Bonchev–Trinajstić information content (AvgIpc) is 3.14. The molecule has 0 N–H and O–H groups in total. The molecule has 4 heteroatoms. The molecule has 5 atom stereocenters. The fraction of sp³-hybridized carbons (Fsp3) is 0.368. The third-order valence-electron chi connectivity index (χ3n) is 5.42. The van der Waals surface area contributed by atoms with E-state index in [-0.39, 0.29) is 40.1 Å². The van der Waals surface area contributed by atoms with E-state index < -0.39 is 10.8 Å². The predicted molar refractivity (Wildman–Crippen MR) is 88.0 cm³/mol. The van der Waals surface area contributed by atoms with E-state index in [0.717, 1.165) is 12.0 Å². The Hall–Kier alpha value is -1.81. The molecule has 0 aliphatic heterocycles. The molecule has 0 radical (unpaired) electrons. The number of rotatable bonds is 2. The molecular weight excluding hydrogens is 308 g/mol. The molecule has 1 fully saturated rings. The summed E-state index contributed by atoms with van der Waals surface area (Å²) in [5.41, 5.74) is 1.47. The molecule has 0 spiro atoms. The lowest BCUT2D eigenvalue weighted by Gasteiger charge is -2.31. The smallest absolute Gasteiger partial charge is 0.176 e. The summed E-state index contributed by atoms with van der Waals surface area (Å²) in [7, 11) is -1.59. The Bertz CT molecular complexity index is 800. The Kier molecular flexibility index (Phi) is 3.27. The Morgan fingerprint density at radius 3 is 2.09 bits per heavy atom. The number of carbonyl (C=O) groups is 2. The van der Waals surface area contributed by atoms with Gasteiger partial charge in [-0.3, -0.25) is 9.59 Å². The summed E-state index contributed by atoms with van der Waals surface area (Å²) in [5.74, 6) is -0.267. The first-order valence-corrected chi connectivity index (χ1v) is 9.10. The largest absolute Gasteiger partial charge is 0.294 e. The minimum absolute atomic E-state index is 0.0157. The van der Waals surface area contributed by atoms with E-state index >= 15 is 0 Å². The number of carbonyl (C=O) groups excluding carboxylic acids is 2. The van der Waals surface area contributed by atoms with Gasteiger partial charge in [0.2, 0.25) is 0 Å². The van der Waals surface area contributed by atoms with E-state index in [1.165, 1.54) is 0 Å². The normalized spacial score (nSPS) is 33.3. The fourth-order valence-electron chi connectivity index (χ4n) is 4.25.